The highest BCUT2D eigenvalue weighted by Gasteiger charge is 1.84. The van der Waals surface area contributed by atoms with Gasteiger partial charge in [0.05, 0.1) is 26.6 Å². The number of nitrogens with zero attached hydrogens (tertiary/aromatic N) is 4. The van der Waals surface area contributed by atoms with Gasteiger partial charge < -0.3 is 9.47 Å². The van der Waals surface area contributed by atoms with Gasteiger partial charge in [0.25, 0.3) is 0 Å². The second-order valence-electron chi connectivity index (χ2n) is 2.50. The van der Waals surface area contributed by atoms with Gasteiger partial charge in [-0.2, -0.15) is 0 Å². The van der Waals surface area contributed by atoms with Gasteiger partial charge in [0.15, 0.2) is 0 Å². The molecule has 0 N–H and O–H groups in total. The van der Waals surface area contributed by atoms with E-state index in [0.29, 0.717) is 11.8 Å². The third kappa shape index (κ3) is 4.32. The van der Waals surface area contributed by atoms with Crippen molar-refractivity contribution in [1.29, 1.82) is 0 Å². The lowest BCUT2D eigenvalue weighted by molar-refractivity contribution is 0.395. The smallest absolute Gasteiger partial charge is 0.231 e. The van der Waals surface area contributed by atoms with Crippen LogP contribution in [-0.2, 0) is 0 Å². The molecular weight excluding hydrogens is 208 g/mol. The fourth-order valence-electron chi connectivity index (χ4n) is 0.782. The van der Waals surface area contributed by atoms with Crippen LogP contribution in [0.2, 0.25) is 0 Å². The molecule has 6 heteroatoms. The average molecular weight is 220 g/mol. The highest BCUT2D eigenvalue weighted by atomic mass is 16.5. The standard InChI is InChI=1S/2C5H6N2O/c2*1-8-5-4-6-2-3-7-5/h2*2-4H,1H3. The molecule has 0 bridgehead atoms. The summed E-state index contributed by atoms with van der Waals surface area (Å²) in [6.45, 7) is 0. The molecule has 0 radical (unpaired) electrons. The molecule has 2 heterocycles. The summed E-state index contributed by atoms with van der Waals surface area (Å²) in [5.41, 5.74) is 0. The van der Waals surface area contributed by atoms with E-state index in [1.165, 1.54) is 0 Å². The number of hydrogen-bond donors (Lipinski definition) is 0. The van der Waals surface area contributed by atoms with Gasteiger partial charge in [0, 0.05) is 24.8 Å². The van der Waals surface area contributed by atoms with Crippen molar-refractivity contribution < 1.29 is 9.47 Å². The van der Waals surface area contributed by atoms with Gasteiger partial charge in [-0.25, -0.2) is 9.97 Å². The SMILES string of the molecule is COc1cnccn1.COc1cnccn1. The van der Waals surface area contributed by atoms with Crippen molar-refractivity contribution in [2.75, 3.05) is 14.2 Å². The monoisotopic (exact) mass is 220 g/mol. The molecule has 6 nitrogen and oxygen atoms in total. The molecule has 2 aromatic rings. The second-order valence-corrected chi connectivity index (χ2v) is 2.50. The summed E-state index contributed by atoms with van der Waals surface area (Å²) in [5, 5.41) is 0. The van der Waals surface area contributed by atoms with Crippen molar-refractivity contribution in [1.82, 2.24) is 19.9 Å². The van der Waals surface area contributed by atoms with Gasteiger partial charge in [-0.15, -0.1) is 0 Å². The summed E-state index contributed by atoms with van der Waals surface area (Å²) >= 11 is 0. The third-order valence-corrected chi connectivity index (χ3v) is 1.50. The minimum Gasteiger partial charge on any atom is -0.480 e. The highest BCUT2D eigenvalue weighted by Crippen LogP contribution is 1.97. The Bertz CT molecular complexity index is 343. The maximum absolute atomic E-state index is 4.74. The van der Waals surface area contributed by atoms with Gasteiger partial charge in [0.1, 0.15) is 0 Å². The Morgan fingerprint density at radius 2 is 1.19 bits per heavy atom. The summed E-state index contributed by atoms with van der Waals surface area (Å²) in [5.74, 6) is 1.10. The van der Waals surface area contributed by atoms with Crippen molar-refractivity contribution in [2.24, 2.45) is 0 Å². The first-order valence-electron chi connectivity index (χ1n) is 4.47. The minimum atomic E-state index is 0.549. The van der Waals surface area contributed by atoms with Crippen LogP contribution >= 0.6 is 0 Å². The van der Waals surface area contributed by atoms with Crippen LogP contribution in [0.5, 0.6) is 11.8 Å². The topological polar surface area (TPSA) is 70.0 Å². The molecule has 0 amide bonds. The van der Waals surface area contributed by atoms with E-state index in [1.54, 1.807) is 51.4 Å². The van der Waals surface area contributed by atoms with Gasteiger partial charge in [-0.1, -0.05) is 0 Å². The van der Waals surface area contributed by atoms with E-state index in [4.69, 9.17) is 9.47 Å². The zero-order valence-corrected chi connectivity index (χ0v) is 9.07. The number of aromatic nitrogens is 4. The molecule has 0 spiro atoms. The summed E-state index contributed by atoms with van der Waals surface area (Å²) in [6, 6.07) is 0. The van der Waals surface area contributed by atoms with Crippen molar-refractivity contribution in [3.63, 3.8) is 0 Å². The summed E-state index contributed by atoms with van der Waals surface area (Å²) in [4.78, 5) is 15.2. The van der Waals surface area contributed by atoms with E-state index in [9.17, 15) is 0 Å². The van der Waals surface area contributed by atoms with Crippen LogP contribution in [0.4, 0.5) is 0 Å². The summed E-state index contributed by atoms with van der Waals surface area (Å²) < 4.78 is 9.48. The lowest BCUT2D eigenvalue weighted by Crippen LogP contribution is -1.85. The Labute approximate surface area is 93.3 Å². The minimum absolute atomic E-state index is 0.549. The zero-order chi connectivity index (χ0) is 11.6. The lowest BCUT2D eigenvalue weighted by Gasteiger charge is -1.91. The van der Waals surface area contributed by atoms with Crippen LogP contribution in [0.3, 0.4) is 0 Å². The molecule has 84 valence electrons. The molecule has 0 aliphatic rings. The maximum atomic E-state index is 4.74. The van der Waals surface area contributed by atoms with Crippen molar-refractivity contribution in [3.05, 3.63) is 37.2 Å². The Balaban J connectivity index is 0.000000160. The maximum Gasteiger partial charge on any atom is 0.231 e. The molecule has 2 aromatic heterocycles. The fourth-order valence-corrected chi connectivity index (χ4v) is 0.782. The normalized spacial score (nSPS) is 8.62. The van der Waals surface area contributed by atoms with E-state index >= 15 is 0 Å². The molecule has 2 rings (SSSR count). The molecule has 0 aromatic carbocycles. The molecule has 0 unspecified atom stereocenters. The van der Waals surface area contributed by atoms with Gasteiger partial charge in [-0.3, -0.25) is 9.97 Å². The molecule has 0 aliphatic heterocycles. The van der Waals surface area contributed by atoms with Crippen molar-refractivity contribution >= 4 is 0 Å². The van der Waals surface area contributed by atoms with Gasteiger partial charge in [-0.05, 0) is 0 Å². The predicted octanol–water partition coefficient (Wildman–Crippen LogP) is 0.970. The molecule has 0 saturated heterocycles. The molecule has 0 atom stereocenters. The number of hydrogen-bond acceptors (Lipinski definition) is 6. The van der Waals surface area contributed by atoms with Crippen LogP contribution in [-0.4, -0.2) is 34.2 Å². The van der Waals surface area contributed by atoms with E-state index in [1.807, 2.05) is 0 Å². The fraction of sp³-hybridized carbons (Fsp3) is 0.200. The van der Waals surface area contributed by atoms with Crippen LogP contribution in [0.15, 0.2) is 37.2 Å². The Hall–Kier alpha value is -2.24. The van der Waals surface area contributed by atoms with Crippen molar-refractivity contribution in [2.45, 2.75) is 0 Å². The molecular formula is C10H12N4O2. The quantitative estimate of drug-likeness (QED) is 0.751. The van der Waals surface area contributed by atoms with Gasteiger partial charge in [0.2, 0.25) is 11.8 Å². The lowest BCUT2D eigenvalue weighted by atomic mass is 10.7. The highest BCUT2D eigenvalue weighted by molar-refractivity contribution is 5.00. The Morgan fingerprint density at radius 1 is 0.750 bits per heavy atom. The van der Waals surface area contributed by atoms with Crippen molar-refractivity contribution in [3.8, 4) is 11.8 Å². The second kappa shape index (κ2) is 7.10. The van der Waals surface area contributed by atoms with E-state index < -0.39 is 0 Å². The van der Waals surface area contributed by atoms with Crippen LogP contribution in [0.25, 0.3) is 0 Å². The first-order chi connectivity index (χ1) is 7.86. The third-order valence-electron chi connectivity index (χ3n) is 1.50. The Kier molecular flexibility index (Phi) is 5.25. The van der Waals surface area contributed by atoms with Crippen LogP contribution in [0, 0.1) is 0 Å². The Morgan fingerprint density at radius 3 is 1.38 bits per heavy atom. The van der Waals surface area contributed by atoms with Gasteiger partial charge >= 0.3 is 0 Å². The summed E-state index contributed by atoms with van der Waals surface area (Å²) in [7, 11) is 3.12. The molecule has 0 saturated carbocycles. The largest absolute Gasteiger partial charge is 0.480 e. The summed E-state index contributed by atoms with van der Waals surface area (Å²) in [6.07, 6.45) is 9.47. The average Bonchev–Trinajstić information content (AvgIpc) is 2.41. The van der Waals surface area contributed by atoms with E-state index in [0.717, 1.165) is 0 Å². The number of rotatable bonds is 2. The van der Waals surface area contributed by atoms with Crippen LogP contribution in [0.1, 0.15) is 0 Å². The first-order valence-corrected chi connectivity index (χ1v) is 4.47. The number of ether oxygens (including phenoxy) is 2. The van der Waals surface area contributed by atoms with Crippen LogP contribution < -0.4 is 9.47 Å². The van der Waals surface area contributed by atoms with E-state index in [2.05, 4.69) is 19.9 Å². The molecule has 0 fully saturated rings. The predicted molar refractivity (Wildman–Crippen MR) is 57.2 cm³/mol. The molecule has 0 aliphatic carbocycles. The molecule has 16 heavy (non-hydrogen) atoms. The zero-order valence-electron chi connectivity index (χ0n) is 9.07. The number of methoxy groups -OCH3 is 2. The first kappa shape index (κ1) is 11.8. The van der Waals surface area contributed by atoms with E-state index in [-0.39, 0.29) is 0 Å².